The lowest BCUT2D eigenvalue weighted by molar-refractivity contribution is 0.0135. The van der Waals surface area contributed by atoms with Crippen molar-refractivity contribution >= 4 is 21.4 Å². The Bertz CT molecular complexity index is 485. The number of thiophene rings is 1. The first kappa shape index (κ1) is 11.5. The first-order chi connectivity index (χ1) is 7.69. The van der Waals surface area contributed by atoms with E-state index in [1.165, 1.54) is 0 Å². The molecule has 2 aromatic rings. The van der Waals surface area contributed by atoms with Crippen LogP contribution in [0, 0.1) is 0 Å². The summed E-state index contributed by atoms with van der Waals surface area (Å²) >= 11 is 1.59. The standard InChI is InChI=1S/C12H14FNOS/c1-14-8-12(15,7-13)10-3-2-9-4-5-16-11(9)6-10/h2-6,14-15H,7-8H2,1H3. The van der Waals surface area contributed by atoms with Gasteiger partial charge in [-0.2, -0.15) is 0 Å². The Hall–Kier alpha value is -0.970. The summed E-state index contributed by atoms with van der Waals surface area (Å²) in [7, 11) is 1.70. The molecule has 0 aliphatic heterocycles. The molecule has 1 unspecified atom stereocenters. The number of fused-ring (bicyclic) bond motifs is 1. The van der Waals surface area contributed by atoms with Gasteiger partial charge in [-0.15, -0.1) is 11.3 Å². The second kappa shape index (κ2) is 4.49. The molecule has 1 aromatic carbocycles. The minimum Gasteiger partial charge on any atom is -0.381 e. The van der Waals surface area contributed by atoms with Gasteiger partial charge in [-0.25, -0.2) is 4.39 Å². The Balaban J connectivity index is 2.44. The van der Waals surface area contributed by atoms with E-state index >= 15 is 0 Å². The number of aliphatic hydroxyl groups is 1. The summed E-state index contributed by atoms with van der Waals surface area (Å²) in [6.45, 7) is -0.578. The van der Waals surface area contributed by atoms with Crippen molar-refractivity contribution in [1.29, 1.82) is 0 Å². The molecule has 2 rings (SSSR count). The van der Waals surface area contributed by atoms with Crippen molar-refractivity contribution in [2.24, 2.45) is 0 Å². The molecule has 2 nitrogen and oxygen atoms in total. The third kappa shape index (κ3) is 1.96. The molecule has 1 atom stereocenters. The minimum atomic E-state index is -1.42. The van der Waals surface area contributed by atoms with Crippen LogP contribution in [-0.4, -0.2) is 25.4 Å². The van der Waals surface area contributed by atoms with Crippen molar-refractivity contribution in [3.05, 3.63) is 35.2 Å². The minimum absolute atomic E-state index is 0.209. The van der Waals surface area contributed by atoms with Crippen LogP contribution in [0.1, 0.15) is 5.56 Å². The molecule has 0 saturated heterocycles. The molecule has 0 saturated carbocycles. The summed E-state index contributed by atoms with van der Waals surface area (Å²) in [4.78, 5) is 0. The largest absolute Gasteiger partial charge is 0.381 e. The van der Waals surface area contributed by atoms with Crippen molar-refractivity contribution in [3.63, 3.8) is 0 Å². The van der Waals surface area contributed by atoms with Gasteiger partial charge in [0.05, 0.1) is 0 Å². The SMILES string of the molecule is CNCC(O)(CF)c1ccc2ccsc2c1. The number of hydrogen-bond donors (Lipinski definition) is 2. The molecule has 0 spiro atoms. The van der Waals surface area contributed by atoms with Gasteiger partial charge in [0.25, 0.3) is 0 Å². The van der Waals surface area contributed by atoms with Crippen LogP contribution >= 0.6 is 11.3 Å². The summed E-state index contributed by atoms with van der Waals surface area (Å²) in [6, 6.07) is 7.57. The van der Waals surface area contributed by atoms with Gasteiger partial charge in [0, 0.05) is 11.2 Å². The van der Waals surface area contributed by atoms with E-state index in [0.29, 0.717) is 5.56 Å². The van der Waals surface area contributed by atoms with Crippen LogP contribution in [0.2, 0.25) is 0 Å². The second-order valence-corrected chi connectivity index (χ2v) is 4.82. The van der Waals surface area contributed by atoms with Gasteiger partial charge in [-0.05, 0) is 35.5 Å². The van der Waals surface area contributed by atoms with Crippen LogP contribution < -0.4 is 5.32 Å². The van der Waals surface area contributed by atoms with Gasteiger partial charge < -0.3 is 10.4 Å². The Morgan fingerprint density at radius 1 is 1.44 bits per heavy atom. The summed E-state index contributed by atoms with van der Waals surface area (Å²) in [6.07, 6.45) is 0. The van der Waals surface area contributed by atoms with Gasteiger partial charge in [0.1, 0.15) is 12.3 Å². The zero-order valence-electron chi connectivity index (χ0n) is 9.03. The molecule has 0 bridgehead atoms. The fraction of sp³-hybridized carbons (Fsp3) is 0.333. The average Bonchev–Trinajstić information content (AvgIpc) is 2.76. The maximum atomic E-state index is 13.0. The Morgan fingerprint density at radius 2 is 2.25 bits per heavy atom. The summed E-state index contributed by atoms with van der Waals surface area (Å²) in [5, 5.41) is 16.1. The number of halogens is 1. The van der Waals surface area contributed by atoms with Crippen LogP contribution in [0.4, 0.5) is 4.39 Å². The monoisotopic (exact) mass is 239 g/mol. The van der Waals surface area contributed by atoms with Crippen molar-refractivity contribution in [3.8, 4) is 0 Å². The van der Waals surface area contributed by atoms with E-state index in [1.807, 2.05) is 23.6 Å². The van der Waals surface area contributed by atoms with E-state index in [-0.39, 0.29) is 6.54 Å². The molecular weight excluding hydrogens is 225 g/mol. The third-order valence-corrected chi connectivity index (χ3v) is 3.56. The Morgan fingerprint density at radius 3 is 2.94 bits per heavy atom. The number of benzene rings is 1. The van der Waals surface area contributed by atoms with E-state index in [4.69, 9.17) is 0 Å². The highest BCUT2D eigenvalue weighted by atomic mass is 32.1. The van der Waals surface area contributed by atoms with Gasteiger partial charge in [0.2, 0.25) is 0 Å². The topological polar surface area (TPSA) is 32.3 Å². The molecule has 0 amide bonds. The third-order valence-electron chi connectivity index (χ3n) is 2.68. The molecule has 1 aromatic heterocycles. The second-order valence-electron chi connectivity index (χ2n) is 3.87. The van der Waals surface area contributed by atoms with E-state index in [9.17, 15) is 9.50 Å². The Kier molecular flexibility index (Phi) is 3.23. The van der Waals surface area contributed by atoms with Gasteiger partial charge in [-0.1, -0.05) is 12.1 Å². The molecular formula is C12H14FNOS. The molecule has 0 aliphatic carbocycles. The van der Waals surface area contributed by atoms with Crippen LogP contribution in [0.15, 0.2) is 29.6 Å². The van der Waals surface area contributed by atoms with Crippen LogP contribution in [0.25, 0.3) is 10.1 Å². The van der Waals surface area contributed by atoms with E-state index in [1.54, 1.807) is 24.5 Å². The predicted octanol–water partition coefficient (Wildman–Crippen LogP) is 2.28. The van der Waals surface area contributed by atoms with Crippen molar-refractivity contribution in [1.82, 2.24) is 5.32 Å². The highest BCUT2D eigenvalue weighted by Crippen LogP contribution is 2.28. The van der Waals surface area contributed by atoms with Gasteiger partial charge in [0.15, 0.2) is 0 Å². The number of alkyl halides is 1. The van der Waals surface area contributed by atoms with E-state index in [2.05, 4.69) is 5.32 Å². The van der Waals surface area contributed by atoms with Crippen LogP contribution in [-0.2, 0) is 5.60 Å². The van der Waals surface area contributed by atoms with E-state index < -0.39 is 12.3 Å². The molecule has 0 radical (unpaired) electrons. The van der Waals surface area contributed by atoms with Crippen LogP contribution in [0.5, 0.6) is 0 Å². The summed E-state index contributed by atoms with van der Waals surface area (Å²) < 4.78 is 14.0. The molecule has 86 valence electrons. The number of hydrogen-bond acceptors (Lipinski definition) is 3. The van der Waals surface area contributed by atoms with E-state index in [0.717, 1.165) is 10.1 Å². The fourth-order valence-corrected chi connectivity index (χ4v) is 2.59. The first-order valence-electron chi connectivity index (χ1n) is 5.10. The van der Waals surface area contributed by atoms with Gasteiger partial charge >= 0.3 is 0 Å². The number of likely N-dealkylation sites (N-methyl/N-ethyl adjacent to an activating group) is 1. The molecule has 2 N–H and O–H groups in total. The molecule has 0 fully saturated rings. The zero-order valence-corrected chi connectivity index (χ0v) is 9.85. The highest BCUT2D eigenvalue weighted by molar-refractivity contribution is 7.17. The number of nitrogens with one attached hydrogen (secondary N) is 1. The molecule has 0 aliphatic rings. The maximum Gasteiger partial charge on any atom is 0.130 e. The highest BCUT2D eigenvalue weighted by Gasteiger charge is 2.28. The fourth-order valence-electron chi connectivity index (χ4n) is 1.76. The van der Waals surface area contributed by atoms with Crippen molar-refractivity contribution in [2.45, 2.75) is 5.60 Å². The lowest BCUT2D eigenvalue weighted by Crippen LogP contribution is -2.38. The summed E-state index contributed by atoms with van der Waals surface area (Å²) in [5.74, 6) is 0. The lowest BCUT2D eigenvalue weighted by atomic mass is 9.94. The molecule has 1 heterocycles. The average molecular weight is 239 g/mol. The van der Waals surface area contributed by atoms with Crippen molar-refractivity contribution in [2.75, 3.05) is 20.3 Å². The smallest absolute Gasteiger partial charge is 0.130 e. The first-order valence-corrected chi connectivity index (χ1v) is 5.98. The normalized spacial score (nSPS) is 15.2. The lowest BCUT2D eigenvalue weighted by Gasteiger charge is -2.25. The van der Waals surface area contributed by atoms with Gasteiger partial charge in [-0.3, -0.25) is 0 Å². The van der Waals surface area contributed by atoms with Crippen molar-refractivity contribution < 1.29 is 9.50 Å². The maximum absolute atomic E-state index is 13.0. The van der Waals surface area contributed by atoms with Crippen LogP contribution in [0.3, 0.4) is 0 Å². The Labute approximate surface area is 97.7 Å². The summed E-state index contributed by atoms with van der Waals surface area (Å²) in [5.41, 5.74) is -0.799. The zero-order chi connectivity index (χ0) is 11.6. The molecule has 4 heteroatoms. The molecule has 16 heavy (non-hydrogen) atoms. The quantitative estimate of drug-likeness (QED) is 0.858. The predicted molar refractivity (Wildman–Crippen MR) is 65.6 cm³/mol. The number of rotatable bonds is 4.